The van der Waals surface area contributed by atoms with Gasteiger partial charge in [-0.3, -0.25) is 0 Å². The van der Waals surface area contributed by atoms with Crippen LogP contribution in [-0.2, 0) is 0 Å². The van der Waals surface area contributed by atoms with Gasteiger partial charge in [0.25, 0.3) is 0 Å². The Bertz CT molecular complexity index is 3350. The van der Waals surface area contributed by atoms with Gasteiger partial charge in [-0.05, 0) is 112 Å². The van der Waals surface area contributed by atoms with E-state index in [1.54, 1.807) is 0 Å². The highest BCUT2D eigenvalue weighted by molar-refractivity contribution is 6.20. The van der Waals surface area contributed by atoms with Gasteiger partial charge in [-0.25, -0.2) is 0 Å². The number of para-hydroxylation sites is 2. The molecule has 1 nitrogen and oxygen atoms in total. The van der Waals surface area contributed by atoms with Gasteiger partial charge in [0.15, 0.2) is 0 Å². The Kier molecular flexibility index (Phi) is 6.76. The van der Waals surface area contributed by atoms with E-state index in [2.05, 4.69) is 182 Å². The maximum atomic E-state index is 6.41. The molecule has 10 aromatic rings. The van der Waals surface area contributed by atoms with Gasteiger partial charge in [0.05, 0.1) is 0 Å². The van der Waals surface area contributed by atoms with Crippen molar-refractivity contribution in [1.82, 2.24) is 0 Å². The van der Waals surface area contributed by atoms with Crippen molar-refractivity contribution in [2.24, 2.45) is 0 Å². The Morgan fingerprint density at radius 1 is 0.321 bits per heavy atom. The lowest BCUT2D eigenvalue weighted by Crippen LogP contribution is -1.96. The van der Waals surface area contributed by atoms with E-state index in [1.807, 2.05) is 12.1 Å². The van der Waals surface area contributed by atoms with Crippen LogP contribution in [0.4, 0.5) is 0 Å². The second kappa shape index (κ2) is 12.1. The molecule has 0 saturated heterocycles. The van der Waals surface area contributed by atoms with E-state index in [1.165, 1.54) is 88.0 Å². The average molecular weight is 711 g/mol. The van der Waals surface area contributed by atoms with Crippen LogP contribution in [-0.4, -0.2) is 0 Å². The molecule has 56 heavy (non-hydrogen) atoms. The van der Waals surface area contributed by atoms with Crippen LogP contribution in [0.15, 0.2) is 174 Å². The first-order chi connectivity index (χ1) is 27.8. The molecule has 0 amide bonds. The third kappa shape index (κ3) is 4.61. The second-order valence-electron chi connectivity index (χ2n) is 15.1. The van der Waals surface area contributed by atoms with E-state index < -0.39 is 0 Å². The van der Waals surface area contributed by atoms with Gasteiger partial charge in [-0.1, -0.05) is 182 Å². The number of rotatable bonds is 4. The Labute approximate surface area is 324 Å². The molecule has 1 heterocycles. The normalized spacial score (nSPS) is 13.1. The molecule has 1 aromatic heterocycles. The molecule has 0 aliphatic heterocycles. The maximum absolute atomic E-state index is 6.41. The van der Waals surface area contributed by atoms with Crippen molar-refractivity contribution in [2.75, 3.05) is 0 Å². The van der Waals surface area contributed by atoms with Crippen LogP contribution < -0.4 is 0 Å². The second-order valence-corrected chi connectivity index (χ2v) is 15.1. The van der Waals surface area contributed by atoms with Gasteiger partial charge in [0.2, 0.25) is 0 Å². The molecule has 260 valence electrons. The van der Waals surface area contributed by atoms with Crippen molar-refractivity contribution in [2.45, 2.75) is 6.42 Å². The van der Waals surface area contributed by atoms with Gasteiger partial charge in [-0.2, -0.15) is 0 Å². The van der Waals surface area contributed by atoms with Crippen LogP contribution in [0.5, 0.6) is 0 Å². The SMILES string of the molecule is C1=Cc2c(c(-c3ccc(-c4cccc5c4oc4ccccc45)cc3)c3ccccc3c2-c2ccc(-c3ccc4c5c(c6ccccc6c4c3)C=C5)cc2)C=CC1. The molecule has 1 heteroatoms. The third-order valence-corrected chi connectivity index (χ3v) is 12.1. The van der Waals surface area contributed by atoms with E-state index in [9.17, 15) is 0 Å². The monoisotopic (exact) mass is 710 g/mol. The van der Waals surface area contributed by atoms with E-state index >= 15 is 0 Å². The quantitative estimate of drug-likeness (QED) is 0.166. The molecule has 0 bridgehead atoms. The number of furan rings is 1. The predicted octanol–water partition coefficient (Wildman–Crippen LogP) is 15.6. The fourth-order valence-electron chi connectivity index (χ4n) is 9.37. The molecule has 0 atom stereocenters. The van der Waals surface area contributed by atoms with Crippen molar-refractivity contribution in [3.63, 3.8) is 0 Å². The van der Waals surface area contributed by atoms with Crippen LogP contribution >= 0.6 is 0 Å². The van der Waals surface area contributed by atoms with E-state index in [0.717, 1.165) is 39.5 Å². The number of benzene rings is 9. The lowest BCUT2D eigenvalue weighted by molar-refractivity contribution is 0.670. The zero-order valence-electron chi connectivity index (χ0n) is 30.6. The van der Waals surface area contributed by atoms with Crippen LogP contribution in [0.1, 0.15) is 28.7 Å². The van der Waals surface area contributed by atoms with Crippen LogP contribution in [0, 0.1) is 0 Å². The molecule has 2 aliphatic rings. The molecule has 0 N–H and O–H groups in total. The molecule has 0 spiro atoms. The first-order valence-electron chi connectivity index (χ1n) is 19.5. The van der Waals surface area contributed by atoms with E-state index in [0.29, 0.717) is 0 Å². The van der Waals surface area contributed by atoms with Crippen LogP contribution in [0.3, 0.4) is 0 Å². The molecule has 0 radical (unpaired) electrons. The summed E-state index contributed by atoms with van der Waals surface area (Å²) >= 11 is 0. The molecular formula is C55H34O. The van der Waals surface area contributed by atoms with E-state index in [-0.39, 0.29) is 0 Å². The Hall–Kier alpha value is -7.22. The number of hydrogen-bond acceptors (Lipinski definition) is 1. The van der Waals surface area contributed by atoms with Crippen molar-refractivity contribution < 1.29 is 4.42 Å². The van der Waals surface area contributed by atoms with Gasteiger partial charge in [0.1, 0.15) is 11.2 Å². The smallest absolute Gasteiger partial charge is 0.143 e. The van der Waals surface area contributed by atoms with Crippen LogP contribution in [0.2, 0.25) is 0 Å². The van der Waals surface area contributed by atoms with E-state index in [4.69, 9.17) is 4.42 Å². The summed E-state index contributed by atoms with van der Waals surface area (Å²) in [6, 6.07) is 57.7. The fraction of sp³-hybridized carbons (Fsp3) is 0.0182. The topological polar surface area (TPSA) is 13.1 Å². The lowest BCUT2D eigenvalue weighted by atomic mass is 9.83. The minimum absolute atomic E-state index is 0.902. The highest BCUT2D eigenvalue weighted by Crippen LogP contribution is 2.46. The molecular weight excluding hydrogens is 677 g/mol. The average Bonchev–Trinajstić information content (AvgIpc) is 3.46. The Morgan fingerprint density at radius 2 is 0.839 bits per heavy atom. The minimum atomic E-state index is 0.902. The van der Waals surface area contributed by atoms with Crippen molar-refractivity contribution in [3.05, 3.63) is 192 Å². The Balaban J connectivity index is 0.976. The number of fused-ring (bicyclic) bond motifs is 11. The Morgan fingerprint density at radius 3 is 1.50 bits per heavy atom. The van der Waals surface area contributed by atoms with Crippen molar-refractivity contribution in [3.8, 4) is 44.5 Å². The van der Waals surface area contributed by atoms with Gasteiger partial charge in [0, 0.05) is 16.3 Å². The number of allylic oxidation sites excluding steroid dienone is 2. The lowest BCUT2D eigenvalue weighted by Gasteiger charge is -2.20. The standard InChI is InChI=1S/C55H34O/c1-2-14-46-47(15-3-1)54(37-27-23-35(24-28-37)39-18-10-19-50-45-13-8-9-20-52(45)56-55(39)50)49-17-7-6-16-48(49)53(46)36-25-21-34(22-26-36)38-29-30-44-43-32-31-42(43)40-11-4-5-12-41(40)51(44)33-38/h2-33H,1H2. The summed E-state index contributed by atoms with van der Waals surface area (Å²) in [5.41, 5.74) is 16.8. The zero-order valence-corrected chi connectivity index (χ0v) is 30.6. The molecule has 12 rings (SSSR count). The zero-order chi connectivity index (χ0) is 36.7. The molecule has 9 aromatic carbocycles. The van der Waals surface area contributed by atoms with Gasteiger partial charge >= 0.3 is 0 Å². The van der Waals surface area contributed by atoms with Gasteiger partial charge < -0.3 is 4.42 Å². The number of hydrogen-bond donors (Lipinski definition) is 0. The summed E-state index contributed by atoms with van der Waals surface area (Å²) in [5.74, 6) is 0. The molecule has 0 fully saturated rings. The molecule has 0 unspecified atom stereocenters. The van der Waals surface area contributed by atoms with Crippen molar-refractivity contribution >= 4 is 78.6 Å². The first-order valence-corrected chi connectivity index (χ1v) is 19.5. The van der Waals surface area contributed by atoms with Gasteiger partial charge in [-0.15, -0.1) is 0 Å². The first kappa shape index (κ1) is 31.2. The third-order valence-electron chi connectivity index (χ3n) is 12.1. The minimum Gasteiger partial charge on any atom is -0.455 e. The highest BCUT2D eigenvalue weighted by Gasteiger charge is 2.21. The summed E-state index contributed by atoms with van der Waals surface area (Å²) in [4.78, 5) is 0. The summed E-state index contributed by atoms with van der Waals surface area (Å²) in [7, 11) is 0. The summed E-state index contributed by atoms with van der Waals surface area (Å²) in [6.45, 7) is 0. The summed E-state index contributed by atoms with van der Waals surface area (Å²) in [5, 5.41) is 10.1. The molecule has 0 saturated carbocycles. The summed E-state index contributed by atoms with van der Waals surface area (Å²) in [6.07, 6.45) is 14.6. The van der Waals surface area contributed by atoms with Crippen LogP contribution in [0.25, 0.3) is 123 Å². The predicted molar refractivity (Wildman–Crippen MR) is 240 cm³/mol. The highest BCUT2D eigenvalue weighted by atomic mass is 16.3. The summed E-state index contributed by atoms with van der Waals surface area (Å²) < 4.78 is 6.41. The fourth-order valence-corrected chi connectivity index (χ4v) is 9.37. The molecule has 2 aliphatic carbocycles. The largest absolute Gasteiger partial charge is 0.455 e. The maximum Gasteiger partial charge on any atom is 0.143 e. The van der Waals surface area contributed by atoms with Crippen molar-refractivity contribution in [1.29, 1.82) is 0 Å².